The Morgan fingerprint density at radius 3 is 2.45 bits per heavy atom. The summed E-state index contributed by atoms with van der Waals surface area (Å²) in [6.45, 7) is 7.02. The van der Waals surface area contributed by atoms with E-state index in [1.807, 2.05) is 12.1 Å². The molecule has 1 aliphatic rings. The maximum Gasteiger partial charge on any atom is 0.320 e. The van der Waals surface area contributed by atoms with Gasteiger partial charge in [0.15, 0.2) is 0 Å². The molecule has 1 aliphatic carbocycles. The van der Waals surface area contributed by atoms with Crippen LogP contribution in [0.2, 0.25) is 0 Å². The molecule has 0 aliphatic heterocycles. The number of rotatable bonds is 4. The summed E-state index contributed by atoms with van der Waals surface area (Å²) < 4.78 is 0. The Morgan fingerprint density at radius 2 is 1.91 bits per heavy atom. The van der Waals surface area contributed by atoms with Crippen molar-refractivity contribution in [3.8, 4) is 0 Å². The number of carbonyl (C=O) groups is 1. The van der Waals surface area contributed by atoms with Crippen LogP contribution in [0, 0.1) is 11.3 Å². The third-order valence-electron chi connectivity index (χ3n) is 5.15. The lowest BCUT2D eigenvalue weighted by Crippen LogP contribution is -2.32. The largest absolute Gasteiger partial charge is 0.480 e. The lowest BCUT2D eigenvalue weighted by Gasteiger charge is -2.37. The predicted octanol–water partition coefficient (Wildman–Crippen LogP) is 3.96. The van der Waals surface area contributed by atoms with E-state index in [0.29, 0.717) is 17.8 Å². The minimum atomic E-state index is -0.934. The van der Waals surface area contributed by atoms with Crippen LogP contribution >= 0.6 is 0 Å². The topological polar surface area (TPSA) is 63.3 Å². The van der Waals surface area contributed by atoms with Crippen LogP contribution in [0.4, 0.5) is 0 Å². The maximum absolute atomic E-state index is 10.9. The summed E-state index contributed by atoms with van der Waals surface area (Å²) in [7, 11) is 0. The fourth-order valence-corrected chi connectivity index (χ4v) is 3.61. The molecular formula is C19H29NO2. The van der Waals surface area contributed by atoms with Crippen LogP contribution in [0.25, 0.3) is 0 Å². The first-order chi connectivity index (χ1) is 10.3. The van der Waals surface area contributed by atoms with Crippen LogP contribution in [0.5, 0.6) is 0 Å². The fraction of sp³-hybridized carbons (Fsp3) is 0.632. The molecule has 1 atom stereocenters. The molecule has 2 rings (SSSR count). The van der Waals surface area contributed by atoms with Gasteiger partial charge in [0, 0.05) is 0 Å². The average Bonchev–Trinajstić information content (AvgIpc) is 2.46. The van der Waals surface area contributed by atoms with E-state index in [2.05, 4.69) is 32.9 Å². The summed E-state index contributed by atoms with van der Waals surface area (Å²) in [5.74, 6) is 0.489. The molecule has 0 aromatic heterocycles. The lowest BCUT2D eigenvalue weighted by molar-refractivity contribution is -0.138. The minimum absolute atomic E-state index is 0.403. The summed E-state index contributed by atoms with van der Waals surface area (Å²) in [5.41, 5.74) is 8.43. The summed E-state index contributed by atoms with van der Waals surface area (Å²) in [6.07, 6.45) is 5.44. The Morgan fingerprint density at radius 1 is 1.27 bits per heavy atom. The fourth-order valence-electron chi connectivity index (χ4n) is 3.61. The van der Waals surface area contributed by atoms with Gasteiger partial charge in [-0.05, 0) is 60.5 Å². The Hall–Kier alpha value is -1.35. The molecule has 0 radical (unpaired) electrons. The highest BCUT2D eigenvalue weighted by molar-refractivity contribution is 5.73. The summed E-state index contributed by atoms with van der Waals surface area (Å²) in [4.78, 5) is 10.9. The Kier molecular flexibility index (Phi) is 5.28. The van der Waals surface area contributed by atoms with Gasteiger partial charge in [-0.3, -0.25) is 4.79 Å². The van der Waals surface area contributed by atoms with E-state index < -0.39 is 12.0 Å². The van der Waals surface area contributed by atoms with Crippen LogP contribution in [-0.2, 0) is 11.2 Å². The van der Waals surface area contributed by atoms with E-state index in [-0.39, 0.29) is 0 Å². The number of hydrogen-bond donors (Lipinski definition) is 2. The van der Waals surface area contributed by atoms with E-state index >= 15 is 0 Å². The quantitative estimate of drug-likeness (QED) is 0.885. The summed E-state index contributed by atoms with van der Waals surface area (Å²) in [6, 6.07) is 7.54. The van der Waals surface area contributed by atoms with E-state index in [4.69, 9.17) is 10.8 Å². The van der Waals surface area contributed by atoms with Crippen LogP contribution in [0.3, 0.4) is 0 Å². The molecule has 3 N–H and O–H groups in total. The highest BCUT2D eigenvalue weighted by Crippen LogP contribution is 2.43. The average molecular weight is 303 g/mol. The van der Waals surface area contributed by atoms with E-state index in [1.165, 1.54) is 31.2 Å². The molecule has 1 unspecified atom stereocenters. The first kappa shape index (κ1) is 17.0. The van der Waals surface area contributed by atoms with Crippen molar-refractivity contribution in [2.45, 2.75) is 64.8 Å². The Bertz CT molecular complexity index is 510. The van der Waals surface area contributed by atoms with Gasteiger partial charge in [0.1, 0.15) is 6.04 Å². The summed E-state index contributed by atoms with van der Waals surface area (Å²) in [5, 5.41) is 8.94. The first-order valence-corrected chi connectivity index (χ1v) is 8.34. The molecular weight excluding hydrogens is 274 g/mol. The van der Waals surface area contributed by atoms with Crippen LogP contribution < -0.4 is 5.73 Å². The van der Waals surface area contributed by atoms with Gasteiger partial charge in [-0.2, -0.15) is 0 Å². The van der Waals surface area contributed by atoms with Crippen molar-refractivity contribution in [1.82, 2.24) is 0 Å². The number of carboxylic acids is 1. The molecule has 22 heavy (non-hydrogen) atoms. The van der Waals surface area contributed by atoms with E-state index in [9.17, 15) is 4.79 Å². The van der Waals surface area contributed by atoms with Gasteiger partial charge in [0.2, 0.25) is 0 Å². The van der Waals surface area contributed by atoms with Gasteiger partial charge < -0.3 is 10.8 Å². The van der Waals surface area contributed by atoms with Gasteiger partial charge in [-0.1, -0.05) is 45.0 Å². The van der Waals surface area contributed by atoms with Crippen molar-refractivity contribution >= 4 is 5.97 Å². The number of hydrogen-bond acceptors (Lipinski definition) is 2. The molecule has 3 heteroatoms. The van der Waals surface area contributed by atoms with Crippen molar-refractivity contribution in [3.05, 3.63) is 35.4 Å². The molecule has 1 fully saturated rings. The normalized spacial score (nSPS) is 24.0. The molecule has 122 valence electrons. The van der Waals surface area contributed by atoms with Crippen molar-refractivity contribution in [1.29, 1.82) is 0 Å². The third kappa shape index (κ3) is 4.33. The monoisotopic (exact) mass is 303 g/mol. The molecule has 0 saturated heterocycles. The van der Waals surface area contributed by atoms with Crippen LogP contribution in [0.1, 0.15) is 63.5 Å². The van der Waals surface area contributed by atoms with E-state index in [1.54, 1.807) is 0 Å². The zero-order valence-corrected chi connectivity index (χ0v) is 14.0. The second-order valence-corrected chi connectivity index (χ2v) is 7.81. The molecule has 1 aromatic rings. The molecule has 1 saturated carbocycles. The second kappa shape index (κ2) is 6.82. The highest BCUT2D eigenvalue weighted by Gasteiger charge is 2.30. The van der Waals surface area contributed by atoms with E-state index in [0.717, 1.165) is 11.5 Å². The van der Waals surface area contributed by atoms with Gasteiger partial charge in [-0.15, -0.1) is 0 Å². The first-order valence-electron chi connectivity index (χ1n) is 8.34. The Labute approximate surface area is 133 Å². The number of aliphatic carboxylic acids is 1. The smallest absolute Gasteiger partial charge is 0.320 e. The zero-order chi connectivity index (χ0) is 16.3. The zero-order valence-electron chi connectivity index (χ0n) is 14.0. The molecule has 3 nitrogen and oxygen atoms in total. The second-order valence-electron chi connectivity index (χ2n) is 7.81. The van der Waals surface area contributed by atoms with Crippen molar-refractivity contribution in [2.24, 2.45) is 17.1 Å². The standard InChI is InChI=1S/C19H29NO2/c1-19(2,3)16-9-7-14(8-10-16)15-6-4-5-13(11-15)12-17(20)18(21)22/h4-6,11,14,16-17H,7-10,12,20H2,1-3H3,(H,21,22). The highest BCUT2D eigenvalue weighted by atomic mass is 16.4. The lowest BCUT2D eigenvalue weighted by atomic mass is 9.68. The van der Waals surface area contributed by atoms with Crippen LogP contribution in [-0.4, -0.2) is 17.1 Å². The molecule has 0 amide bonds. The van der Waals surface area contributed by atoms with Crippen molar-refractivity contribution in [3.63, 3.8) is 0 Å². The molecule has 1 aromatic carbocycles. The SMILES string of the molecule is CC(C)(C)C1CCC(c2cccc(CC(N)C(=O)O)c2)CC1. The Balaban J connectivity index is 2.01. The van der Waals surface area contributed by atoms with Crippen molar-refractivity contribution < 1.29 is 9.90 Å². The van der Waals surface area contributed by atoms with Gasteiger partial charge in [-0.25, -0.2) is 0 Å². The van der Waals surface area contributed by atoms with Crippen LogP contribution in [0.15, 0.2) is 24.3 Å². The molecule has 0 bridgehead atoms. The van der Waals surface area contributed by atoms with Crippen molar-refractivity contribution in [2.75, 3.05) is 0 Å². The molecule has 0 heterocycles. The van der Waals surface area contributed by atoms with Gasteiger partial charge >= 0.3 is 5.97 Å². The summed E-state index contributed by atoms with van der Waals surface area (Å²) >= 11 is 0. The third-order valence-corrected chi connectivity index (χ3v) is 5.15. The van der Waals surface area contributed by atoms with Gasteiger partial charge in [0.05, 0.1) is 0 Å². The number of nitrogens with two attached hydrogens (primary N) is 1. The maximum atomic E-state index is 10.9. The number of benzene rings is 1. The predicted molar refractivity (Wildman–Crippen MR) is 89.9 cm³/mol. The minimum Gasteiger partial charge on any atom is -0.480 e. The number of carboxylic acid groups (broad SMARTS) is 1. The van der Waals surface area contributed by atoms with Gasteiger partial charge in [0.25, 0.3) is 0 Å². The molecule has 0 spiro atoms.